The number of ether oxygens (including phenoxy) is 1. The highest BCUT2D eigenvalue weighted by Crippen LogP contribution is 2.53. The van der Waals surface area contributed by atoms with Gasteiger partial charge in [-0.05, 0) is 64.3 Å². The number of hydrogen-bond acceptors (Lipinski definition) is 4. The van der Waals surface area contributed by atoms with E-state index in [1.54, 1.807) is 24.3 Å². The molecule has 0 aromatic heterocycles. The molecular weight excluding hydrogens is 574 g/mol. The van der Waals surface area contributed by atoms with Crippen molar-refractivity contribution in [3.63, 3.8) is 0 Å². The molecule has 36 heavy (non-hydrogen) atoms. The third kappa shape index (κ3) is 5.09. The first-order chi connectivity index (χ1) is 17.3. The van der Waals surface area contributed by atoms with E-state index in [9.17, 15) is 9.59 Å². The molecule has 3 N–H and O–H groups in total. The number of piperidine rings is 1. The highest BCUT2D eigenvalue weighted by molar-refractivity contribution is 9.10. The first-order valence-corrected chi connectivity index (χ1v) is 12.7. The summed E-state index contributed by atoms with van der Waals surface area (Å²) in [6.45, 7) is -0.318. The van der Waals surface area contributed by atoms with Crippen LogP contribution in [0.15, 0.2) is 65.1 Å². The molecule has 0 bridgehead atoms. The van der Waals surface area contributed by atoms with Crippen molar-refractivity contribution in [3.8, 4) is 5.75 Å². The van der Waals surface area contributed by atoms with Gasteiger partial charge in [-0.3, -0.25) is 9.59 Å². The molecule has 6 nitrogen and oxygen atoms in total. The van der Waals surface area contributed by atoms with E-state index in [0.717, 1.165) is 5.02 Å². The predicted octanol–water partition coefficient (Wildman–Crippen LogP) is 5.79. The smallest absolute Gasteiger partial charge is 0.237 e. The monoisotopic (exact) mass is 594 g/mol. The maximum absolute atomic E-state index is 15.3. The standard InChI is InChI=1S/C20H17BrClFN2O4.C6H5Cl/c21-12-3-4-14(29-8-7-26)16(17(12)23)18-20(6-5-15(27)25-18)11-2-1-10(22)9-13(11)24-19(20)28;7-6-4-2-1-3-5-6/h1-4,9,18,26H,5-8H2,(H,24,28)(H,25,27);1-5H/t18-,20-;/m1./s1. The minimum Gasteiger partial charge on any atom is -0.491 e. The molecule has 3 aromatic carbocycles. The highest BCUT2D eigenvalue weighted by Gasteiger charge is 2.56. The second-order valence-electron chi connectivity index (χ2n) is 8.26. The van der Waals surface area contributed by atoms with E-state index in [0.29, 0.717) is 16.3 Å². The van der Waals surface area contributed by atoms with Crippen molar-refractivity contribution in [2.45, 2.75) is 24.3 Å². The van der Waals surface area contributed by atoms with E-state index < -0.39 is 17.3 Å². The van der Waals surface area contributed by atoms with Crippen LogP contribution < -0.4 is 15.4 Å². The summed E-state index contributed by atoms with van der Waals surface area (Å²) in [5, 5.41) is 16.0. The van der Waals surface area contributed by atoms with Gasteiger partial charge in [-0.25, -0.2) is 4.39 Å². The van der Waals surface area contributed by atoms with Crippen LogP contribution in [0.2, 0.25) is 10.0 Å². The van der Waals surface area contributed by atoms with Gasteiger partial charge in [0, 0.05) is 22.2 Å². The fourth-order valence-corrected chi connectivity index (χ4v) is 5.21. The normalized spacial score (nSPS) is 20.2. The van der Waals surface area contributed by atoms with E-state index in [1.165, 1.54) is 6.07 Å². The summed E-state index contributed by atoms with van der Waals surface area (Å²) in [5.74, 6) is -1.11. The van der Waals surface area contributed by atoms with Crippen molar-refractivity contribution in [1.82, 2.24) is 5.32 Å². The van der Waals surface area contributed by atoms with Crippen molar-refractivity contribution < 1.29 is 23.8 Å². The number of carbonyl (C=O) groups is 2. The molecule has 2 aliphatic heterocycles. The van der Waals surface area contributed by atoms with Gasteiger partial charge in [0.1, 0.15) is 23.6 Å². The Morgan fingerprint density at radius 3 is 2.50 bits per heavy atom. The number of carbonyl (C=O) groups excluding carboxylic acids is 2. The zero-order valence-corrected chi connectivity index (χ0v) is 22.0. The van der Waals surface area contributed by atoms with Crippen LogP contribution in [0.3, 0.4) is 0 Å². The fraction of sp³-hybridized carbons (Fsp3) is 0.231. The molecule has 188 valence electrons. The van der Waals surface area contributed by atoms with Crippen LogP contribution in [0.25, 0.3) is 0 Å². The van der Waals surface area contributed by atoms with Gasteiger partial charge in [-0.1, -0.05) is 47.5 Å². The number of halogens is 4. The molecule has 2 aliphatic rings. The number of amides is 2. The second kappa shape index (κ2) is 11.2. The van der Waals surface area contributed by atoms with Gasteiger partial charge in [-0.15, -0.1) is 0 Å². The Bertz CT molecular complexity index is 1290. The lowest BCUT2D eigenvalue weighted by molar-refractivity contribution is -0.130. The number of benzene rings is 3. The van der Waals surface area contributed by atoms with Crippen LogP contribution >= 0.6 is 39.1 Å². The third-order valence-corrected chi connectivity index (χ3v) is 7.22. The van der Waals surface area contributed by atoms with Gasteiger partial charge < -0.3 is 20.5 Å². The summed E-state index contributed by atoms with van der Waals surface area (Å²) in [6.07, 6.45) is 0.323. The third-order valence-electron chi connectivity index (χ3n) is 6.12. The number of aliphatic hydroxyl groups excluding tert-OH is 1. The molecule has 5 rings (SSSR count). The molecular formula is C26H22BrCl2FN2O4. The lowest BCUT2D eigenvalue weighted by atomic mass is 9.67. The number of anilines is 1. The highest BCUT2D eigenvalue weighted by atomic mass is 79.9. The Balaban J connectivity index is 0.000000375. The number of hydrogen-bond donors (Lipinski definition) is 3. The maximum atomic E-state index is 15.3. The van der Waals surface area contributed by atoms with E-state index >= 15 is 4.39 Å². The van der Waals surface area contributed by atoms with Crippen LogP contribution in [0, 0.1) is 5.82 Å². The van der Waals surface area contributed by atoms with Crippen LogP contribution in [0.4, 0.5) is 10.1 Å². The Morgan fingerprint density at radius 1 is 1.08 bits per heavy atom. The zero-order chi connectivity index (χ0) is 25.9. The summed E-state index contributed by atoms with van der Waals surface area (Å²) in [4.78, 5) is 25.5. The van der Waals surface area contributed by atoms with Crippen LogP contribution in [-0.4, -0.2) is 30.1 Å². The van der Waals surface area contributed by atoms with E-state index in [1.807, 2.05) is 30.3 Å². The summed E-state index contributed by atoms with van der Waals surface area (Å²) >= 11 is 14.8. The van der Waals surface area contributed by atoms with Gasteiger partial charge in [0.05, 0.1) is 22.7 Å². The molecule has 1 fully saturated rings. The van der Waals surface area contributed by atoms with Gasteiger partial charge in [0.15, 0.2) is 0 Å². The molecule has 3 aromatic rings. The summed E-state index contributed by atoms with van der Waals surface area (Å²) in [7, 11) is 0. The molecule has 0 unspecified atom stereocenters. The minimum atomic E-state index is -1.22. The first kappa shape index (κ1) is 26.4. The van der Waals surface area contributed by atoms with Gasteiger partial charge in [0.2, 0.25) is 11.8 Å². The predicted molar refractivity (Wildman–Crippen MR) is 140 cm³/mol. The average Bonchev–Trinajstić information content (AvgIpc) is 3.13. The zero-order valence-electron chi connectivity index (χ0n) is 18.9. The fourth-order valence-electron chi connectivity index (χ4n) is 4.54. The SMILES string of the molecule is Clc1ccccc1.O=C1CC[C@]2(C(=O)Nc3cc(Cl)ccc32)[C@@H](c2c(OCCO)ccc(Br)c2F)N1. The summed E-state index contributed by atoms with van der Waals surface area (Å²) in [5.41, 5.74) is 0.0207. The number of nitrogens with one attached hydrogen (secondary N) is 2. The van der Waals surface area contributed by atoms with Gasteiger partial charge in [0.25, 0.3) is 0 Å². The van der Waals surface area contributed by atoms with Crippen LogP contribution in [-0.2, 0) is 15.0 Å². The van der Waals surface area contributed by atoms with Crippen LogP contribution in [0.1, 0.15) is 30.0 Å². The quantitative estimate of drug-likeness (QED) is 0.356. The van der Waals surface area contributed by atoms with Crippen molar-refractivity contribution in [2.24, 2.45) is 0 Å². The van der Waals surface area contributed by atoms with E-state index in [4.69, 9.17) is 33.0 Å². The molecule has 1 spiro atoms. The lowest BCUT2D eigenvalue weighted by Gasteiger charge is -2.41. The maximum Gasteiger partial charge on any atom is 0.237 e. The molecule has 2 heterocycles. The topological polar surface area (TPSA) is 87.7 Å². The lowest BCUT2D eigenvalue weighted by Crippen LogP contribution is -2.53. The number of aliphatic hydroxyl groups is 1. The Labute approximate surface area is 225 Å². The van der Waals surface area contributed by atoms with Crippen molar-refractivity contribution >= 4 is 56.6 Å². The van der Waals surface area contributed by atoms with Gasteiger partial charge >= 0.3 is 0 Å². The Hall–Kier alpha value is -2.65. The largest absolute Gasteiger partial charge is 0.491 e. The Kier molecular flexibility index (Phi) is 8.20. The summed E-state index contributed by atoms with van der Waals surface area (Å²) < 4.78 is 21.0. The van der Waals surface area contributed by atoms with Crippen molar-refractivity contribution in [1.29, 1.82) is 0 Å². The molecule has 0 aliphatic carbocycles. The van der Waals surface area contributed by atoms with Crippen molar-refractivity contribution in [2.75, 3.05) is 18.5 Å². The molecule has 1 saturated heterocycles. The molecule has 0 saturated carbocycles. The number of fused-ring (bicyclic) bond motifs is 2. The minimum absolute atomic E-state index is 0.0545. The number of rotatable bonds is 4. The summed E-state index contributed by atoms with van der Waals surface area (Å²) in [6, 6.07) is 16.5. The van der Waals surface area contributed by atoms with Gasteiger partial charge in [-0.2, -0.15) is 0 Å². The molecule has 2 amide bonds. The van der Waals surface area contributed by atoms with E-state index in [-0.39, 0.29) is 53.7 Å². The van der Waals surface area contributed by atoms with Crippen molar-refractivity contribution in [3.05, 3.63) is 92.1 Å². The molecule has 10 heteroatoms. The average molecular weight is 596 g/mol. The second-order valence-corrected chi connectivity index (χ2v) is 9.98. The van der Waals surface area contributed by atoms with E-state index in [2.05, 4.69) is 26.6 Å². The molecule has 0 radical (unpaired) electrons. The first-order valence-electron chi connectivity index (χ1n) is 11.1. The Morgan fingerprint density at radius 2 is 1.83 bits per heavy atom. The van der Waals surface area contributed by atoms with Crippen LogP contribution in [0.5, 0.6) is 5.75 Å². The molecule has 2 atom stereocenters.